The van der Waals surface area contributed by atoms with Crippen molar-refractivity contribution in [3.63, 3.8) is 0 Å². The van der Waals surface area contributed by atoms with E-state index in [0.29, 0.717) is 0 Å². The summed E-state index contributed by atoms with van der Waals surface area (Å²) in [5.41, 5.74) is 5.42. The zero-order valence-corrected chi connectivity index (χ0v) is 12.2. The van der Waals surface area contributed by atoms with Crippen molar-refractivity contribution < 1.29 is 34.1 Å². The van der Waals surface area contributed by atoms with Crippen LogP contribution in [0.1, 0.15) is 25.7 Å². The Bertz CT molecular complexity index is 389. The van der Waals surface area contributed by atoms with Crippen LogP contribution in [0.2, 0.25) is 0 Å². The van der Waals surface area contributed by atoms with E-state index in [1.165, 1.54) is 0 Å². The Hall–Kier alpha value is -1.87. The fourth-order valence-electron chi connectivity index (χ4n) is 1.35. The molecule has 2 atom stereocenters. The van der Waals surface area contributed by atoms with E-state index < -0.39 is 35.9 Å². The molecule has 0 heterocycles. The van der Waals surface area contributed by atoms with Crippen molar-refractivity contribution >= 4 is 36.2 Å². The Kier molecular flexibility index (Phi) is 11.1. The average molecular weight is 327 g/mol. The van der Waals surface area contributed by atoms with Crippen molar-refractivity contribution in [2.45, 2.75) is 37.8 Å². The van der Waals surface area contributed by atoms with Crippen LogP contribution in [-0.4, -0.2) is 53.2 Å². The lowest BCUT2D eigenvalue weighted by Gasteiger charge is -2.14. The zero-order chi connectivity index (χ0) is 15.7. The molecule has 0 aromatic heterocycles. The molecular weight excluding hydrogens is 308 g/mol. The number of carbonyl (C=O) groups excluding carboxylic acids is 2. The van der Waals surface area contributed by atoms with E-state index in [0.717, 1.165) is 7.11 Å². The second-order valence-electron chi connectivity index (χ2n) is 4.06. The highest BCUT2D eigenvalue weighted by molar-refractivity contribution is 5.85. The molecule has 122 valence electrons. The molecule has 0 saturated heterocycles. The fraction of sp³-hybridized carbons (Fsp3) is 0.636. The highest BCUT2D eigenvalue weighted by Crippen LogP contribution is 2.01. The van der Waals surface area contributed by atoms with Gasteiger partial charge in [-0.25, -0.2) is 4.79 Å². The van der Waals surface area contributed by atoms with Gasteiger partial charge in [0.2, 0.25) is 5.91 Å². The van der Waals surface area contributed by atoms with Gasteiger partial charge in [-0.2, -0.15) is 0 Å². The molecule has 2 unspecified atom stereocenters. The van der Waals surface area contributed by atoms with E-state index >= 15 is 0 Å². The van der Waals surface area contributed by atoms with E-state index in [9.17, 15) is 19.2 Å². The Morgan fingerprint density at radius 3 is 2.14 bits per heavy atom. The molecule has 0 aliphatic rings. The summed E-state index contributed by atoms with van der Waals surface area (Å²) >= 11 is 0. The van der Waals surface area contributed by atoms with Crippen molar-refractivity contribution in [2.24, 2.45) is 5.73 Å². The highest BCUT2D eigenvalue weighted by atomic mass is 35.5. The largest absolute Gasteiger partial charge is 0.481 e. The third-order valence-corrected chi connectivity index (χ3v) is 2.47. The van der Waals surface area contributed by atoms with Gasteiger partial charge in [0.05, 0.1) is 7.11 Å². The van der Waals surface area contributed by atoms with E-state index in [2.05, 4.69) is 10.1 Å². The number of methoxy groups -OCH3 is 1. The molecule has 9 nitrogen and oxygen atoms in total. The summed E-state index contributed by atoms with van der Waals surface area (Å²) in [6, 6.07) is -2.25. The first-order chi connectivity index (χ1) is 9.27. The third kappa shape index (κ3) is 9.63. The number of hydrogen-bond donors (Lipinski definition) is 4. The lowest BCUT2D eigenvalue weighted by molar-refractivity contribution is -0.144. The summed E-state index contributed by atoms with van der Waals surface area (Å²) < 4.78 is 4.37. The predicted molar refractivity (Wildman–Crippen MR) is 72.9 cm³/mol. The number of carbonyl (C=O) groups is 4. The van der Waals surface area contributed by atoms with Gasteiger partial charge < -0.3 is 26.0 Å². The van der Waals surface area contributed by atoms with Crippen LogP contribution in [-0.2, 0) is 23.9 Å². The normalized spacial score (nSPS) is 12.5. The first-order valence-corrected chi connectivity index (χ1v) is 5.85. The van der Waals surface area contributed by atoms with Crippen molar-refractivity contribution in [2.75, 3.05) is 7.11 Å². The summed E-state index contributed by atoms with van der Waals surface area (Å²) in [4.78, 5) is 43.7. The molecule has 0 spiro atoms. The van der Waals surface area contributed by atoms with Crippen molar-refractivity contribution in [1.82, 2.24) is 5.32 Å². The smallest absolute Gasteiger partial charge is 0.326 e. The first kappa shape index (κ1) is 21.4. The van der Waals surface area contributed by atoms with Crippen LogP contribution in [0.5, 0.6) is 0 Å². The maximum absolute atomic E-state index is 11.5. The second kappa shape index (κ2) is 10.9. The van der Waals surface area contributed by atoms with Crippen LogP contribution in [0.15, 0.2) is 0 Å². The highest BCUT2D eigenvalue weighted by Gasteiger charge is 2.22. The van der Waals surface area contributed by atoms with Crippen LogP contribution in [0.25, 0.3) is 0 Å². The Morgan fingerprint density at radius 1 is 1.14 bits per heavy atom. The van der Waals surface area contributed by atoms with Gasteiger partial charge in [0.15, 0.2) is 0 Å². The van der Waals surface area contributed by atoms with E-state index in [1.807, 2.05) is 0 Å². The Morgan fingerprint density at radius 2 is 1.71 bits per heavy atom. The van der Waals surface area contributed by atoms with Crippen LogP contribution in [0, 0.1) is 0 Å². The fourth-order valence-corrected chi connectivity index (χ4v) is 1.35. The molecule has 0 saturated carbocycles. The molecule has 0 rings (SSSR count). The van der Waals surface area contributed by atoms with Gasteiger partial charge >= 0.3 is 17.9 Å². The van der Waals surface area contributed by atoms with E-state index in [-0.39, 0.29) is 38.1 Å². The van der Waals surface area contributed by atoms with Crippen molar-refractivity contribution in [3.8, 4) is 0 Å². The number of esters is 1. The minimum absolute atomic E-state index is 0. The van der Waals surface area contributed by atoms with Crippen LogP contribution in [0.3, 0.4) is 0 Å². The summed E-state index contributed by atoms with van der Waals surface area (Å²) in [6.45, 7) is 0. The van der Waals surface area contributed by atoms with Gasteiger partial charge in [0, 0.05) is 12.8 Å². The standard InChI is InChI=1S/C11H18N2O7.ClH/c1-20-11(19)6(12)2-4-8(14)13-7(10(17)18)3-5-9(15)16;/h6-7H,2-5,12H2,1H3,(H,13,14)(H,15,16)(H,17,18);1H. The molecule has 1 amide bonds. The van der Waals surface area contributed by atoms with E-state index in [1.54, 1.807) is 0 Å². The number of halogens is 1. The topological polar surface area (TPSA) is 156 Å². The number of nitrogens with one attached hydrogen (secondary N) is 1. The van der Waals surface area contributed by atoms with Gasteiger partial charge in [0.1, 0.15) is 12.1 Å². The lowest BCUT2D eigenvalue weighted by atomic mass is 10.1. The monoisotopic (exact) mass is 326 g/mol. The molecule has 5 N–H and O–H groups in total. The molecule has 0 aromatic carbocycles. The molecule has 0 fully saturated rings. The second-order valence-corrected chi connectivity index (χ2v) is 4.06. The third-order valence-electron chi connectivity index (χ3n) is 2.47. The Balaban J connectivity index is 0. The number of carboxylic acid groups (broad SMARTS) is 2. The number of amides is 1. The predicted octanol–water partition coefficient (Wildman–Crippen LogP) is -0.877. The van der Waals surface area contributed by atoms with Crippen LogP contribution in [0.4, 0.5) is 0 Å². The van der Waals surface area contributed by atoms with E-state index in [4.69, 9.17) is 15.9 Å². The van der Waals surface area contributed by atoms with Gasteiger partial charge in [-0.1, -0.05) is 0 Å². The Labute approximate surface area is 127 Å². The maximum atomic E-state index is 11.5. The minimum Gasteiger partial charge on any atom is -0.481 e. The number of nitrogens with two attached hydrogens (primary N) is 1. The molecule has 10 heteroatoms. The van der Waals surface area contributed by atoms with Gasteiger partial charge in [-0.3, -0.25) is 14.4 Å². The molecule has 0 aromatic rings. The molecule has 0 aliphatic carbocycles. The SMILES string of the molecule is COC(=O)C(N)CCC(=O)NC(CCC(=O)O)C(=O)O.Cl. The number of rotatable bonds is 9. The quantitative estimate of drug-likeness (QED) is 0.398. The number of hydrogen-bond acceptors (Lipinski definition) is 6. The zero-order valence-electron chi connectivity index (χ0n) is 11.4. The molecule has 0 radical (unpaired) electrons. The first-order valence-electron chi connectivity index (χ1n) is 5.85. The number of carboxylic acids is 2. The summed E-state index contributed by atoms with van der Waals surface area (Å²) in [7, 11) is 1.16. The molecule has 0 aliphatic heterocycles. The van der Waals surface area contributed by atoms with Crippen molar-refractivity contribution in [3.05, 3.63) is 0 Å². The number of aliphatic carboxylic acids is 2. The molecule has 0 bridgehead atoms. The lowest BCUT2D eigenvalue weighted by Crippen LogP contribution is -2.42. The van der Waals surface area contributed by atoms with Crippen LogP contribution >= 0.6 is 12.4 Å². The molecule has 21 heavy (non-hydrogen) atoms. The van der Waals surface area contributed by atoms with Crippen LogP contribution < -0.4 is 11.1 Å². The number of ether oxygens (including phenoxy) is 1. The summed E-state index contributed by atoms with van der Waals surface area (Å²) in [6.07, 6.45) is -0.755. The summed E-state index contributed by atoms with van der Waals surface area (Å²) in [5.74, 6) is -3.77. The van der Waals surface area contributed by atoms with Gasteiger partial charge in [-0.05, 0) is 12.8 Å². The summed E-state index contributed by atoms with van der Waals surface area (Å²) in [5, 5.41) is 19.5. The van der Waals surface area contributed by atoms with Gasteiger partial charge in [0.25, 0.3) is 0 Å². The molecular formula is C11H19ClN2O7. The van der Waals surface area contributed by atoms with Crippen molar-refractivity contribution in [1.29, 1.82) is 0 Å². The minimum atomic E-state index is -1.32. The average Bonchev–Trinajstić information content (AvgIpc) is 2.39. The maximum Gasteiger partial charge on any atom is 0.326 e. The van der Waals surface area contributed by atoms with Gasteiger partial charge in [-0.15, -0.1) is 12.4 Å².